The minimum atomic E-state index is -0.381. The van der Waals surface area contributed by atoms with Gasteiger partial charge in [-0.05, 0) is 25.3 Å². The molecule has 0 heterocycles. The lowest BCUT2D eigenvalue weighted by Gasteiger charge is -2.22. The van der Waals surface area contributed by atoms with Crippen LogP contribution in [0.3, 0.4) is 0 Å². The Morgan fingerprint density at radius 2 is 1.48 bits per heavy atom. The Balaban J connectivity index is 3.18. The van der Waals surface area contributed by atoms with Crippen LogP contribution >= 0.6 is 0 Å². The van der Waals surface area contributed by atoms with Crippen LogP contribution < -0.4 is 24.7 Å². The SMILES string of the molecule is CCCCCOc1cc(C[C@H](N)CO)c(OCCCCC)c(OC)c1OC. The van der Waals surface area contributed by atoms with Crippen molar-refractivity contribution < 1.29 is 24.1 Å². The van der Waals surface area contributed by atoms with E-state index in [1.54, 1.807) is 14.2 Å². The van der Waals surface area contributed by atoms with Crippen molar-refractivity contribution in [3.63, 3.8) is 0 Å². The van der Waals surface area contributed by atoms with Gasteiger partial charge in [0, 0.05) is 11.6 Å². The molecule has 0 aliphatic carbocycles. The number of nitrogens with two attached hydrogens (primary N) is 1. The standard InChI is InChI=1S/C21H37NO5/c1-5-7-9-11-26-18-14-16(13-17(22)15-23)19(27-12-10-8-6-2)21(25-4)20(18)24-3/h14,17,23H,5-13,15,22H2,1-4H3/t17-/m0/s1. The normalized spacial score (nSPS) is 11.9. The molecule has 0 saturated heterocycles. The van der Waals surface area contributed by atoms with Crippen LogP contribution in [-0.2, 0) is 6.42 Å². The van der Waals surface area contributed by atoms with Crippen molar-refractivity contribution in [2.45, 2.75) is 64.8 Å². The molecule has 1 rings (SSSR count). The highest BCUT2D eigenvalue weighted by molar-refractivity contribution is 5.63. The van der Waals surface area contributed by atoms with Crippen LogP contribution in [0.15, 0.2) is 6.07 Å². The van der Waals surface area contributed by atoms with Crippen molar-refractivity contribution in [1.29, 1.82) is 0 Å². The maximum Gasteiger partial charge on any atom is 0.207 e. The van der Waals surface area contributed by atoms with Crippen LogP contribution in [0.25, 0.3) is 0 Å². The second kappa shape index (κ2) is 13.5. The van der Waals surface area contributed by atoms with Crippen molar-refractivity contribution in [2.24, 2.45) is 5.73 Å². The monoisotopic (exact) mass is 383 g/mol. The van der Waals surface area contributed by atoms with E-state index in [2.05, 4.69) is 13.8 Å². The first-order valence-electron chi connectivity index (χ1n) is 10.0. The second-order valence-electron chi connectivity index (χ2n) is 6.69. The van der Waals surface area contributed by atoms with Gasteiger partial charge in [0.05, 0.1) is 34.0 Å². The molecule has 0 amide bonds. The van der Waals surface area contributed by atoms with E-state index in [4.69, 9.17) is 24.7 Å². The average Bonchev–Trinajstić information content (AvgIpc) is 2.68. The molecule has 156 valence electrons. The van der Waals surface area contributed by atoms with Crippen LogP contribution in [0.1, 0.15) is 57.9 Å². The summed E-state index contributed by atoms with van der Waals surface area (Å²) in [4.78, 5) is 0. The third-order valence-electron chi connectivity index (χ3n) is 4.36. The fraction of sp³-hybridized carbons (Fsp3) is 0.714. The van der Waals surface area contributed by atoms with Gasteiger partial charge in [0.15, 0.2) is 11.5 Å². The first-order chi connectivity index (χ1) is 13.1. The Kier molecular flexibility index (Phi) is 11.7. The first-order valence-corrected chi connectivity index (χ1v) is 10.0. The summed E-state index contributed by atoms with van der Waals surface area (Å²) >= 11 is 0. The zero-order valence-electron chi connectivity index (χ0n) is 17.4. The van der Waals surface area contributed by atoms with Crippen molar-refractivity contribution in [3.8, 4) is 23.0 Å². The summed E-state index contributed by atoms with van der Waals surface area (Å²) in [5, 5.41) is 9.38. The molecule has 0 bridgehead atoms. The molecular weight excluding hydrogens is 346 g/mol. The smallest absolute Gasteiger partial charge is 0.207 e. The molecule has 6 heteroatoms. The van der Waals surface area contributed by atoms with E-state index in [0.29, 0.717) is 42.6 Å². The lowest BCUT2D eigenvalue weighted by molar-refractivity contribution is 0.250. The highest BCUT2D eigenvalue weighted by Crippen LogP contribution is 2.47. The molecule has 0 radical (unpaired) electrons. The van der Waals surface area contributed by atoms with Gasteiger partial charge in [0.25, 0.3) is 0 Å². The summed E-state index contributed by atoms with van der Waals surface area (Å²) in [5.41, 5.74) is 6.84. The van der Waals surface area contributed by atoms with Crippen molar-refractivity contribution in [2.75, 3.05) is 34.0 Å². The minimum absolute atomic E-state index is 0.101. The third-order valence-corrected chi connectivity index (χ3v) is 4.36. The second-order valence-corrected chi connectivity index (χ2v) is 6.69. The highest BCUT2D eigenvalue weighted by atomic mass is 16.5. The number of ether oxygens (including phenoxy) is 4. The highest BCUT2D eigenvalue weighted by Gasteiger charge is 2.23. The molecule has 0 aliphatic heterocycles. The summed E-state index contributed by atoms with van der Waals surface area (Å²) in [6.45, 7) is 5.40. The maximum absolute atomic E-state index is 9.38. The van der Waals surface area contributed by atoms with Gasteiger partial charge < -0.3 is 29.8 Å². The largest absolute Gasteiger partial charge is 0.490 e. The van der Waals surface area contributed by atoms with Gasteiger partial charge in [0.1, 0.15) is 0 Å². The predicted octanol–water partition coefficient (Wildman–Crippen LogP) is 3.70. The van der Waals surface area contributed by atoms with Crippen LogP contribution in [0.5, 0.6) is 23.0 Å². The molecule has 0 unspecified atom stereocenters. The molecule has 1 aromatic carbocycles. The number of methoxy groups -OCH3 is 2. The molecule has 0 aromatic heterocycles. The number of unbranched alkanes of at least 4 members (excludes halogenated alkanes) is 4. The predicted molar refractivity (Wildman–Crippen MR) is 108 cm³/mol. The lowest BCUT2D eigenvalue weighted by Crippen LogP contribution is -2.27. The Labute approximate surface area is 163 Å². The van der Waals surface area contributed by atoms with E-state index in [0.717, 1.165) is 44.1 Å². The zero-order chi connectivity index (χ0) is 20.1. The molecule has 0 spiro atoms. The van der Waals surface area contributed by atoms with Gasteiger partial charge in [-0.2, -0.15) is 0 Å². The van der Waals surface area contributed by atoms with Crippen LogP contribution in [0, 0.1) is 0 Å². The molecule has 27 heavy (non-hydrogen) atoms. The molecule has 0 saturated carbocycles. The fourth-order valence-electron chi connectivity index (χ4n) is 2.85. The van der Waals surface area contributed by atoms with Gasteiger partial charge in [-0.15, -0.1) is 0 Å². The molecule has 6 nitrogen and oxygen atoms in total. The maximum atomic E-state index is 9.38. The van der Waals surface area contributed by atoms with E-state index in [9.17, 15) is 5.11 Å². The van der Waals surface area contributed by atoms with Crippen LogP contribution in [0.2, 0.25) is 0 Å². The molecule has 0 aliphatic rings. The van der Waals surface area contributed by atoms with Crippen molar-refractivity contribution >= 4 is 0 Å². The Bertz CT molecular complexity index is 536. The van der Waals surface area contributed by atoms with Crippen LogP contribution in [0.4, 0.5) is 0 Å². The van der Waals surface area contributed by atoms with E-state index in [1.807, 2.05) is 6.07 Å². The van der Waals surface area contributed by atoms with Gasteiger partial charge >= 0.3 is 0 Å². The number of benzene rings is 1. The topological polar surface area (TPSA) is 83.2 Å². The molecule has 1 atom stereocenters. The van der Waals surface area contributed by atoms with Gasteiger partial charge in [-0.3, -0.25) is 0 Å². The summed E-state index contributed by atoms with van der Waals surface area (Å²) in [5.74, 6) is 2.28. The summed E-state index contributed by atoms with van der Waals surface area (Å²) in [7, 11) is 3.18. The number of rotatable bonds is 15. The number of aliphatic hydroxyl groups is 1. The zero-order valence-corrected chi connectivity index (χ0v) is 17.4. The van der Waals surface area contributed by atoms with E-state index in [-0.39, 0.29) is 12.6 Å². The molecular formula is C21H37NO5. The Morgan fingerprint density at radius 3 is 2.00 bits per heavy atom. The minimum Gasteiger partial charge on any atom is -0.490 e. The van der Waals surface area contributed by atoms with Crippen LogP contribution in [-0.4, -0.2) is 45.2 Å². The quantitative estimate of drug-likeness (QED) is 0.449. The average molecular weight is 384 g/mol. The van der Waals surface area contributed by atoms with Gasteiger partial charge in [-0.25, -0.2) is 0 Å². The first kappa shape index (κ1) is 23.4. The molecule has 0 fully saturated rings. The molecule has 1 aromatic rings. The Morgan fingerprint density at radius 1 is 0.889 bits per heavy atom. The van der Waals surface area contributed by atoms with E-state index in [1.165, 1.54) is 0 Å². The summed E-state index contributed by atoms with van der Waals surface area (Å²) < 4.78 is 23.2. The van der Waals surface area contributed by atoms with E-state index >= 15 is 0 Å². The number of aliphatic hydroxyl groups excluding tert-OH is 1. The number of hydrogen-bond acceptors (Lipinski definition) is 6. The van der Waals surface area contributed by atoms with Crippen molar-refractivity contribution in [3.05, 3.63) is 11.6 Å². The lowest BCUT2D eigenvalue weighted by atomic mass is 10.0. The fourth-order valence-corrected chi connectivity index (χ4v) is 2.85. The Hall–Kier alpha value is -1.66. The van der Waals surface area contributed by atoms with Gasteiger partial charge in [-0.1, -0.05) is 39.5 Å². The number of hydrogen-bond donors (Lipinski definition) is 2. The van der Waals surface area contributed by atoms with Crippen molar-refractivity contribution in [1.82, 2.24) is 0 Å². The molecule has 3 N–H and O–H groups in total. The van der Waals surface area contributed by atoms with E-state index < -0.39 is 0 Å². The third kappa shape index (κ3) is 7.46. The van der Waals surface area contributed by atoms with Gasteiger partial charge in [0.2, 0.25) is 11.5 Å². The summed E-state index contributed by atoms with van der Waals surface area (Å²) in [6.07, 6.45) is 6.86. The summed E-state index contributed by atoms with van der Waals surface area (Å²) in [6, 6.07) is 1.52.